The fraction of sp³-hybridized carbons (Fsp3) is 0.545. The highest BCUT2D eigenvalue weighted by Crippen LogP contribution is 2.21. The van der Waals surface area contributed by atoms with Gasteiger partial charge in [-0.15, -0.1) is 0 Å². The summed E-state index contributed by atoms with van der Waals surface area (Å²) in [5.74, 6) is 0.792. The molecule has 0 radical (unpaired) electrons. The van der Waals surface area contributed by atoms with Crippen molar-refractivity contribution in [2.24, 2.45) is 7.05 Å². The molecule has 2 aromatic rings. The van der Waals surface area contributed by atoms with Gasteiger partial charge in [0.25, 0.3) is 5.91 Å². The van der Waals surface area contributed by atoms with Crippen LogP contribution in [0.4, 0.5) is 5.69 Å². The third-order valence-electron chi connectivity index (χ3n) is 5.97. The van der Waals surface area contributed by atoms with Crippen molar-refractivity contribution in [1.29, 1.82) is 0 Å². The lowest BCUT2D eigenvalue weighted by molar-refractivity contribution is 0.0923. The molecular formula is C22H31N5O3. The number of amides is 1. The van der Waals surface area contributed by atoms with Crippen molar-refractivity contribution in [3.05, 3.63) is 41.2 Å². The molecule has 8 heteroatoms. The minimum absolute atomic E-state index is 0.0957. The molecule has 8 nitrogen and oxygen atoms in total. The average molecular weight is 414 g/mol. The molecule has 0 saturated carbocycles. The van der Waals surface area contributed by atoms with Crippen molar-refractivity contribution < 1.29 is 14.3 Å². The second-order valence-electron chi connectivity index (χ2n) is 7.84. The van der Waals surface area contributed by atoms with Gasteiger partial charge in [-0.3, -0.25) is 14.4 Å². The second-order valence-corrected chi connectivity index (χ2v) is 7.84. The van der Waals surface area contributed by atoms with Crippen molar-refractivity contribution in [2.45, 2.75) is 19.4 Å². The molecule has 0 unspecified atom stereocenters. The number of rotatable bonds is 7. The Bertz CT molecular complexity index is 856. The van der Waals surface area contributed by atoms with Crippen LogP contribution in [0.1, 0.15) is 28.2 Å². The second kappa shape index (κ2) is 9.49. The zero-order valence-corrected chi connectivity index (χ0v) is 17.9. The third kappa shape index (κ3) is 4.60. The van der Waals surface area contributed by atoms with Crippen LogP contribution in [0.25, 0.3) is 0 Å². The van der Waals surface area contributed by atoms with Gasteiger partial charge in [0.15, 0.2) is 5.69 Å². The van der Waals surface area contributed by atoms with Crippen LogP contribution >= 0.6 is 0 Å². The largest absolute Gasteiger partial charge is 0.497 e. The van der Waals surface area contributed by atoms with E-state index in [2.05, 4.69) is 32.3 Å². The molecule has 1 amide bonds. The normalized spacial score (nSPS) is 16.9. The number of hydrogen-bond acceptors (Lipinski definition) is 6. The van der Waals surface area contributed by atoms with E-state index in [9.17, 15) is 4.79 Å². The Kier molecular flexibility index (Phi) is 6.54. The van der Waals surface area contributed by atoms with E-state index in [1.807, 2.05) is 23.9 Å². The molecule has 30 heavy (non-hydrogen) atoms. The van der Waals surface area contributed by atoms with E-state index in [1.165, 1.54) is 5.69 Å². The van der Waals surface area contributed by atoms with E-state index in [0.29, 0.717) is 25.5 Å². The van der Waals surface area contributed by atoms with Gasteiger partial charge in [-0.2, -0.15) is 5.10 Å². The number of piperazine rings is 1. The zero-order valence-electron chi connectivity index (χ0n) is 17.9. The molecule has 1 N–H and O–H groups in total. The van der Waals surface area contributed by atoms with E-state index in [-0.39, 0.29) is 5.91 Å². The minimum atomic E-state index is -0.0957. The van der Waals surface area contributed by atoms with E-state index >= 15 is 0 Å². The monoisotopic (exact) mass is 413 g/mol. The lowest BCUT2D eigenvalue weighted by Crippen LogP contribution is -2.47. The highest BCUT2D eigenvalue weighted by molar-refractivity contribution is 5.94. The Balaban J connectivity index is 1.18. The SMILES string of the molecule is COc1ccc(N2CCN(CCCNC(=O)c3nn(C)c4c3COCC4)CC2)cc1. The highest BCUT2D eigenvalue weighted by Gasteiger charge is 2.24. The Morgan fingerprint density at radius 3 is 2.70 bits per heavy atom. The molecule has 4 rings (SSSR count). The van der Waals surface area contributed by atoms with Crippen LogP contribution < -0.4 is 15.0 Å². The molecule has 3 heterocycles. The number of aromatic nitrogens is 2. The van der Waals surface area contributed by atoms with E-state index in [0.717, 1.165) is 62.6 Å². The van der Waals surface area contributed by atoms with Crippen LogP contribution in [-0.4, -0.2) is 73.6 Å². The zero-order chi connectivity index (χ0) is 20.9. The molecule has 2 aliphatic heterocycles. The van der Waals surface area contributed by atoms with Crippen molar-refractivity contribution in [2.75, 3.05) is 57.9 Å². The lowest BCUT2D eigenvalue weighted by Gasteiger charge is -2.36. The van der Waals surface area contributed by atoms with Crippen LogP contribution in [0.2, 0.25) is 0 Å². The molecule has 0 spiro atoms. The molecule has 0 atom stereocenters. The van der Waals surface area contributed by atoms with Gasteiger partial charge >= 0.3 is 0 Å². The van der Waals surface area contributed by atoms with Crippen LogP contribution in [0.15, 0.2) is 24.3 Å². The first kappa shape index (κ1) is 20.7. The summed E-state index contributed by atoms with van der Waals surface area (Å²) in [5, 5.41) is 7.44. The molecule has 1 aromatic heterocycles. The smallest absolute Gasteiger partial charge is 0.272 e. The number of fused-ring (bicyclic) bond motifs is 1. The quantitative estimate of drug-likeness (QED) is 0.693. The molecule has 162 valence electrons. The van der Waals surface area contributed by atoms with Gasteiger partial charge < -0.3 is 19.7 Å². The summed E-state index contributed by atoms with van der Waals surface area (Å²) in [6, 6.07) is 8.25. The van der Waals surface area contributed by atoms with Gasteiger partial charge in [-0.25, -0.2) is 0 Å². The Hall–Kier alpha value is -2.58. The van der Waals surface area contributed by atoms with Crippen molar-refractivity contribution in [3.63, 3.8) is 0 Å². The van der Waals surface area contributed by atoms with Gasteiger partial charge in [-0.1, -0.05) is 0 Å². The predicted molar refractivity (Wildman–Crippen MR) is 115 cm³/mol. The van der Waals surface area contributed by atoms with Gasteiger partial charge in [0.05, 0.1) is 20.3 Å². The fourth-order valence-electron chi connectivity index (χ4n) is 4.20. The number of benzene rings is 1. The highest BCUT2D eigenvalue weighted by atomic mass is 16.5. The van der Waals surface area contributed by atoms with Crippen molar-refractivity contribution in [3.8, 4) is 5.75 Å². The Labute approximate surface area is 177 Å². The first-order valence-electron chi connectivity index (χ1n) is 10.7. The number of methoxy groups -OCH3 is 1. The van der Waals surface area contributed by atoms with E-state index in [4.69, 9.17) is 9.47 Å². The molecule has 1 aromatic carbocycles. The van der Waals surface area contributed by atoms with Crippen LogP contribution in [0, 0.1) is 0 Å². The molecule has 0 aliphatic carbocycles. The van der Waals surface area contributed by atoms with Gasteiger partial charge in [-0.05, 0) is 37.2 Å². The number of aryl methyl sites for hydroxylation is 1. The fourth-order valence-corrected chi connectivity index (χ4v) is 4.20. The Morgan fingerprint density at radius 1 is 1.20 bits per heavy atom. The number of carbonyl (C=O) groups is 1. The maximum Gasteiger partial charge on any atom is 0.272 e. The molecule has 2 aliphatic rings. The van der Waals surface area contributed by atoms with Crippen LogP contribution in [0.5, 0.6) is 5.75 Å². The topological polar surface area (TPSA) is 71.9 Å². The third-order valence-corrected chi connectivity index (χ3v) is 5.97. The number of ether oxygens (including phenoxy) is 2. The summed E-state index contributed by atoms with van der Waals surface area (Å²) in [4.78, 5) is 17.4. The van der Waals surface area contributed by atoms with Gasteiger partial charge in [0.1, 0.15) is 5.75 Å². The molecule has 1 fully saturated rings. The summed E-state index contributed by atoms with van der Waals surface area (Å²) in [6.45, 7) is 6.90. The number of nitrogens with one attached hydrogen (secondary N) is 1. The predicted octanol–water partition coefficient (Wildman–Crippen LogP) is 1.44. The van der Waals surface area contributed by atoms with Gasteiger partial charge in [0.2, 0.25) is 0 Å². The molecule has 1 saturated heterocycles. The number of hydrogen-bond donors (Lipinski definition) is 1. The number of nitrogens with zero attached hydrogens (tertiary/aromatic N) is 4. The first-order valence-corrected chi connectivity index (χ1v) is 10.7. The summed E-state index contributed by atoms with van der Waals surface area (Å²) >= 11 is 0. The Morgan fingerprint density at radius 2 is 1.97 bits per heavy atom. The first-order chi connectivity index (χ1) is 14.7. The number of anilines is 1. The standard InChI is InChI=1S/C22H31N5O3/c1-25-20-8-15-30-16-19(20)21(24-25)22(28)23-9-3-10-26-11-13-27(14-12-26)17-4-6-18(29-2)7-5-17/h4-7H,3,8-16H2,1-2H3,(H,23,28). The summed E-state index contributed by atoms with van der Waals surface area (Å²) < 4.78 is 12.6. The van der Waals surface area contributed by atoms with Crippen molar-refractivity contribution >= 4 is 11.6 Å². The van der Waals surface area contributed by atoms with E-state index < -0.39 is 0 Å². The molecule has 0 bridgehead atoms. The minimum Gasteiger partial charge on any atom is -0.497 e. The number of carbonyl (C=O) groups excluding carboxylic acids is 1. The van der Waals surface area contributed by atoms with Crippen molar-refractivity contribution in [1.82, 2.24) is 20.0 Å². The molecular weight excluding hydrogens is 382 g/mol. The summed E-state index contributed by atoms with van der Waals surface area (Å²) in [6.07, 6.45) is 1.74. The maximum atomic E-state index is 12.6. The van der Waals surface area contributed by atoms with E-state index in [1.54, 1.807) is 7.11 Å². The van der Waals surface area contributed by atoms with Crippen LogP contribution in [0.3, 0.4) is 0 Å². The average Bonchev–Trinajstić information content (AvgIpc) is 3.14. The maximum absolute atomic E-state index is 12.6. The lowest BCUT2D eigenvalue weighted by atomic mass is 10.1. The summed E-state index contributed by atoms with van der Waals surface area (Å²) in [5.41, 5.74) is 3.81. The van der Waals surface area contributed by atoms with Crippen LogP contribution in [-0.2, 0) is 24.8 Å². The van der Waals surface area contributed by atoms with Gasteiger partial charge in [0, 0.05) is 63.1 Å². The summed E-state index contributed by atoms with van der Waals surface area (Å²) in [7, 11) is 3.58.